The van der Waals surface area contributed by atoms with E-state index in [9.17, 15) is 9.59 Å². The van der Waals surface area contributed by atoms with Crippen LogP contribution in [0.5, 0.6) is 0 Å². The van der Waals surface area contributed by atoms with Crippen LogP contribution in [0, 0.1) is 5.92 Å². The van der Waals surface area contributed by atoms with E-state index < -0.39 is 0 Å². The largest absolute Gasteiger partial charge is 0.345 e. The molecule has 142 valence electrons. The molecule has 0 unspecified atom stereocenters. The minimum Gasteiger partial charge on any atom is -0.345 e. The molecule has 0 saturated carbocycles. The molecule has 5 nitrogen and oxygen atoms in total. The van der Waals surface area contributed by atoms with E-state index in [-0.39, 0.29) is 17.7 Å². The molecule has 4 rings (SSSR count). The quantitative estimate of drug-likeness (QED) is 0.704. The molecule has 1 aromatic heterocycles. The molecular formula is C23H23N3O2. The molecule has 0 aliphatic carbocycles. The third-order valence-corrected chi connectivity index (χ3v) is 5.36. The zero-order valence-corrected chi connectivity index (χ0v) is 16.1. The third-order valence-electron chi connectivity index (χ3n) is 5.36. The second kappa shape index (κ2) is 7.43. The van der Waals surface area contributed by atoms with E-state index in [4.69, 9.17) is 0 Å². The van der Waals surface area contributed by atoms with Crippen LogP contribution in [0.25, 0.3) is 22.0 Å². The Labute approximate surface area is 164 Å². The van der Waals surface area contributed by atoms with Crippen molar-refractivity contribution in [3.8, 4) is 11.3 Å². The van der Waals surface area contributed by atoms with Gasteiger partial charge in [0.05, 0.1) is 5.69 Å². The number of carbonyl (C=O) groups excluding carboxylic acids is 2. The molecular weight excluding hydrogens is 350 g/mol. The molecule has 2 amide bonds. The van der Waals surface area contributed by atoms with Crippen LogP contribution < -0.4 is 0 Å². The van der Waals surface area contributed by atoms with Gasteiger partial charge in [-0.2, -0.15) is 0 Å². The topological polar surface area (TPSA) is 53.5 Å². The second-order valence-electron chi connectivity index (χ2n) is 7.49. The monoisotopic (exact) mass is 373 g/mol. The van der Waals surface area contributed by atoms with Crippen molar-refractivity contribution in [3.63, 3.8) is 0 Å². The fourth-order valence-electron chi connectivity index (χ4n) is 3.92. The SMILES string of the molecule is CN1C[C@@H](CN(C)C(=O)c2cccc(-c3nccc4ccccc34)c2)CC1=O. The minimum atomic E-state index is -0.0379. The number of likely N-dealkylation sites (tertiary alicyclic amines) is 1. The molecule has 5 heteroatoms. The number of nitrogens with zero attached hydrogens (tertiary/aromatic N) is 3. The Balaban J connectivity index is 1.58. The van der Waals surface area contributed by atoms with Crippen molar-refractivity contribution in [2.24, 2.45) is 5.92 Å². The van der Waals surface area contributed by atoms with Gasteiger partial charge in [0, 0.05) is 62.2 Å². The van der Waals surface area contributed by atoms with E-state index in [1.807, 2.05) is 55.6 Å². The lowest BCUT2D eigenvalue weighted by atomic mass is 10.0. The van der Waals surface area contributed by atoms with Crippen molar-refractivity contribution in [2.45, 2.75) is 6.42 Å². The van der Waals surface area contributed by atoms with E-state index in [1.54, 1.807) is 23.0 Å². The average Bonchev–Trinajstić information content (AvgIpc) is 3.03. The van der Waals surface area contributed by atoms with Gasteiger partial charge in [-0.3, -0.25) is 14.6 Å². The molecule has 2 aromatic carbocycles. The number of rotatable bonds is 4. The number of fused-ring (bicyclic) bond motifs is 1. The van der Waals surface area contributed by atoms with Crippen LogP contribution in [0.3, 0.4) is 0 Å². The number of benzene rings is 2. The Morgan fingerprint density at radius 1 is 1.18 bits per heavy atom. The lowest BCUT2D eigenvalue weighted by Crippen LogP contribution is -2.32. The Morgan fingerprint density at radius 3 is 2.79 bits per heavy atom. The number of hydrogen-bond donors (Lipinski definition) is 0. The second-order valence-corrected chi connectivity index (χ2v) is 7.49. The number of pyridine rings is 1. The summed E-state index contributed by atoms with van der Waals surface area (Å²) >= 11 is 0. The number of carbonyl (C=O) groups is 2. The van der Waals surface area contributed by atoms with Crippen molar-refractivity contribution in [1.82, 2.24) is 14.8 Å². The first-order valence-electron chi connectivity index (χ1n) is 9.46. The first-order valence-corrected chi connectivity index (χ1v) is 9.46. The molecule has 1 fully saturated rings. The van der Waals surface area contributed by atoms with Crippen LogP contribution in [0.2, 0.25) is 0 Å². The Bertz CT molecular complexity index is 1040. The van der Waals surface area contributed by atoms with E-state index in [0.717, 1.165) is 22.0 Å². The summed E-state index contributed by atoms with van der Waals surface area (Å²) in [6.07, 6.45) is 2.31. The van der Waals surface area contributed by atoms with Crippen LogP contribution in [-0.2, 0) is 4.79 Å². The van der Waals surface area contributed by atoms with Crippen molar-refractivity contribution in [3.05, 3.63) is 66.4 Å². The average molecular weight is 373 g/mol. The van der Waals surface area contributed by atoms with E-state index in [1.165, 1.54) is 0 Å². The van der Waals surface area contributed by atoms with Crippen LogP contribution in [-0.4, -0.2) is 53.8 Å². The van der Waals surface area contributed by atoms with Gasteiger partial charge in [0.2, 0.25) is 5.91 Å². The van der Waals surface area contributed by atoms with Gasteiger partial charge >= 0.3 is 0 Å². The molecule has 3 aromatic rings. The molecule has 0 N–H and O–H groups in total. The van der Waals surface area contributed by atoms with E-state index in [0.29, 0.717) is 25.1 Å². The molecule has 0 spiro atoms. The maximum absolute atomic E-state index is 12.9. The van der Waals surface area contributed by atoms with E-state index >= 15 is 0 Å². The maximum Gasteiger partial charge on any atom is 0.253 e. The first-order chi connectivity index (χ1) is 13.5. The zero-order valence-electron chi connectivity index (χ0n) is 16.1. The molecule has 1 saturated heterocycles. The van der Waals surface area contributed by atoms with Crippen LogP contribution in [0.1, 0.15) is 16.8 Å². The summed E-state index contributed by atoms with van der Waals surface area (Å²) < 4.78 is 0. The van der Waals surface area contributed by atoms with Crippen molar-refractivity contribution in [1.29, 1.82) is 0 Å². The van der Waals surface area contributed by atoms with Crippen LogP contribution in [0.15, 0.2) is 60.8 Å². The zero-order chi connectivity index (χ0) is 19.7. The maximum atomic E-state index is 12.9. The predicted octanol–water partition coefficient (Wildman–Crippen LogP) is 3.45. The highest BCUT2D eigenvalue weighted by Crippen LogP contribution is 2.27. The Hall–Kier alpha value is -3.21. The van der Waals surface area contributed by atoms with Crippen molar-refractivity contribution in [2.75, 3.05) is 27.2 Å². The summed E-state index contributed by atoms with van der Waals surface area (Å²) in [6.45, 7) is 1.28. The third kappa shape index (κ3) is 3.48. The van der Waals surface area contributed by atoms with Gasteiger partial charge in [0.15, 0.2) is 0 Å². The number of aromatic nitrogens is 1. The Morgan fingerprint density at radius 2 is 2.00 bits per heavy atom. The van der Waals surface area contributed by atoms with Gasteiger partial charge < -0.3 is 9.80 Å². The summed E-state index contributed by atoms with van der Waals surface area (Å²) in [4.78, 5) is 32.7. The van der Waals surface area contributed by atoms with Crippen LogP contribution in [0.4, 0.5) is 0 Å². The van der Waals surface area contributed by atoms with E-state index in [2.05, 4.69) is 11.1 Å². The molecule has 28 heavy (non-hydrogen) atoms. The molecule has 1 atom stereocenters. The molecule has 1 aliphatic rings. The highest BCUT2D eigenvalue weighted by molar-refractivity contribution is 5.98. The summed E-state index contributed by atoms with van der Waals surface area (Å²) in [5.41, 5.74) is 2.43. The van der Waals surface area contributed by atoms with Gasteiger partial charge in [-0.15, -0.1) is 0 Å². The van der Waals surface area contributed by atoms with Crippen molar-refractivity contribution < 1.29 is 9.59 Å². The fourth-order valence-corrected chi connectivity index (χ4v) is 3.92. The summed E-state index contributed by atoms with van der Waals surface area (Å²) in [6, 6.07) is 17.7. The molecule has 1 aliphatic heterocycles. The fraction of sp³-hybridized carbons (Fsp3) is 0.261. The molecule has 0 radical (unpaired) electrons. The summed E-state index contributed by atoms with van der Waals surface area (Å²) in [5.74, 6) is 0.299. The highest BCUT2D eigenvalue weighted by atomic mass is 16.2. The number of amides is 2. The minimum absolute atomic E-state index is 0.0379. The lowest BCUT2D eigenvalue weighted by Gasteiger charge is -2.21. The Kier molecular flexibility index (Phi) is 4.82. The van der Waals surface area contributed by atoms with Crippen LogP contribution >= 0.6 is 0 Å². The summed E-state index contributed by atoms with van der Waals surface area (Å²) in [7, 11) is 3.61. The van der Waals surface area contributed by atoms with Gasteiger partial charge in [0.1, 0.15) is 0 Å². The standard InChI is InChI=1S/C23H23N3O2/c1-25-14-16(12-21(25)27)15-26(2)23(28)19-8-5-7-18(13-19)22-20-9-4-3-6-17(20)10-11-24-22/h3-11,13,16H,12,14-15H2,1-2H3/t16-/m0/s1. The smallest absolute Gasteiger partial charge is 0.253 e. The molecule has 2 heterocycles. The summed E-state index contributed by atoms with van der Waals surface area (Å²) in [5, 5.41) is 2.19. The van der Waals surface area contributed by atoms with Crippen molar-refractivity contribution >= 4 is 22.6 Å². The van der Waals surface area contributed by atoms with Gasteiger partial charge in [0.25, 0.3) is 5.91 Å². The highest BCUT2D eigenvalue weighted by Gasteiger charge is 2.28. The number of hydrogen-bond acceptors (Lipinski definition) is 3. The molecule has 0 bridgehead atoms. The lowest BCUT2D eigenvalue weighted by molar-refractivity contribution is -0.126. The predicted molar refractivity (Wildman–Crippen MR) is 110 cm³/mol. The van der Waals surface area contributed by atoms with Gasteiger partial charge in [-0.05, 0) is 23.6 Å². The van der Waals surface area contributed by atoms with Gasteiger partial charge in [-0.1, -0.05) is 36.4 Å². The van der Waals surface area contributed by atoms with Gasteiger partial charge in [-0.25, -0.2) is 0 Å². The normalized spacial score (nSPS) is 16.6. The first kappa shape index (κ1) is 18.2.